The van der Waals surface area contributed by atoms with E-state index in [1.54, 1.807) is 6.07 Å². The summed E-state index contributed by atoms with van der Waals surface area (Å²) in [4.78, 5) is 0. The van der Waals surface area contributed by atoms with Crippen LogP contribution in [0.25, 0.3) is 10.8 Å². The summed E-state index contributed by atoms with van der Waals surface area (Å²) in [6.45, 7) is 0. The molecule has 0 bridgehead atoms. The first-order valence-corrected chi connectivity index (χ1v) is 4.50. The lowest BCUT2D eigenvalue weighted by Crippen LogP contribution is -1.87. The molecule has 13 heavy (non-hydrogen) atoms. The Morgan fingerprint density at radius 2 is 1.69 bits per heavy atom. The van der Waals surface area contributed by atoms with Gasteiger partial charge in [0, 0.05) is 5.56 Å². The third-order valence-electron chi connectivity index (χ3n) is 2.07. The second kappa shape index (κ2) is 3.36. The van der Waals surface area contributed by atoms with Gasteiger partial charge in [0.05, 0.1) is 0 Å². The average Bonchev–Trinajstić information content (AvgIpc) is 2.17. The van der Waals surface area contributed by atoms with Crippen molar-refractivity contribution in [2.45, 2.75) is 5.56 Å². The molecular weight excluding hydrogens is 184 g/mol. The van der Waals surface area contributed by atoms with Crippen LogP contribution < -0.4 is 0 Å². The smallest absolute Gasteiger partial charge is 0.192 e. The van der Waals surface area contributed by atoms with E-state index in [2.05, 4.69) is 0 Å². The Balaban J connectivity index is 2.76. The zero-order valence-electron chi connectivity index (χ0n) is 6.91. The molecule has 2 rings (SSSR count). The highest BCUT2D eigenvalue weighted by atomic mass is 35.5. The van der Waals surface area contributed by atoms with Gasteiger partial charge in [0.1, 0.15) is 0 Å². The Labute approximate surface area is 81.6 Å². The van der Waals surface area contributed by atoms with Crippen LogP contribution in [0.4, 0.5) is 0 Å². The molecule has 2 aromatic rings. The quantitative estimate of drug-likeness (QED) is 0.615. The molecule has 0 amide bonds. The second-order valence-corrected chi connectivity index (χ2v) is 3.28. The van der Waals surface area contributed by atoms with E-state index >= 15 is 0 Å². The van der Waals surface area contributed by atoms with Crippen LogP contribution in [-0.2, 0) is 5.11 Å². The molecule has 0 saturated carbocycles. The van der Waals surface area contributed by atoms with Crippen LogP contribution in [0.1, 0.15) is 11.1 Å². The molecule has 65 valence electrons. The first-order valence-electron chi connectivity index (χ1n) is 4.06. The van der Waals surface area contributed by atoms with E-state index in [0.717, 1.165) is 10.8 Å². The van der Waals surface area contributed by atoms with Gasteiger partial charge in [-0.3, -0.25) is 0 Å². The minimum Gasteiger partial charge on any atom is -0.210 e. The standard InChI is InChI=1S/C11H8ClO/c12-11(13)10-7-3-5-8-4-1-2-6-9(8)10/h1-7,11H. The minimum absolute atomic E-state index is 0.653. The van der Waals surface area contributed by atoms with Crippen LogP contribution in [0.15, 0.2) is 42.5 Å². The molecule has 0 aromatic heterocycles. The van der Waals surface area contributed by atoms with Gasteiger partial charge < -0.3 is 0 Å². The molecule has 0 N–H and O–H groups in total. The van der Waals surface area contributed by atoms with Gasteiger partial charge in [-0.1, -0.05) is 54.1 Å². The molecule has 0 aliphatic heterocycles. The van der Waals surface area contributed by atoms with E-state index in [-0.39, 0.29) is 0 Å². The number of benzene rings is 2. The van der Waals surface area contributed by atoms with E-state index < -0.39 is 5.56 Å². The molecule has 2 heteroatoms. The summed E-state index contributed by atoms with van der Waals surface area (Å²) in [5, 5.41) is 13.1. The van der Waals surface area contributed by atoms with E-state index in [0.29, 0.717) is 5.56 Å². The highest BCUT2D eigenvalue weighted by Gasteiger charge is 2.07. The molecular formula is C11H8ClO. The summed E-state index contributed by atoms with van der Waals surface area (Å²) in [6, 6.07) is 13.3. The van der Waals surface area contributed by atoms with Gasteiger partial charge in [-0.25, -0.2) is 5.11 Å². The predicted molar refractivity (Wildman–Crippen MR) is 53.2 cm³/mol. The second-order valence-electron chi connectivity index (χ2n) is 2.88. The van der Waals surface area contributed by atoms with Crippen molar-refractivity contribution in [3.63, 3.8) is 0 Å². The fourth-order valence-electron chi connectivity index (χ4n) is 1.45. The first-order chi connectivity index (χ1) is 6.29. The largest absolute Gasteiger partial charge is 0.210 e. The van der Waals surface area contributed by atoms with Crippen LogP contribution in [-0.4, -0.2) is 0 Å². The Kier molecular flexibility index (Phi) is 2.21. The molecule has 0 aliphatic carbocycles. The lowest BCUT2D eigenvalue weighted by Gasteiger charge is -2.05. The van der Waals surface area contributed by atoms with Gasteiger partial charge in [0.2, 0.25) is 0 Å². The van der Waals surface area contributed by atoms with Gasteiger partial charge in [-0.05, 0) is 10.8 Å². The highest BCUT2D eigenvalue weighted by molar-refractivity contribution is 6.20. The van der Waals surface area contributed by atoms with Crippen molar-refractivity contribution >= 4 is 22.4 Å². The monoisotopic (exact) mass is 191 g/mol. The number of alkyl halides is 1. The summed E-state index contributed by atoms with van der Waals surface area (Å²) in [7, 11) is 0. The van der Waals surface area contributed by atoms with Crippen LogP contribution in [0, 0.1) is 0 Å². The molecule has 0 spiro atoms. The maximum Gasteiger partial charge on any atom is 0.192 e. The number of fused-ring (bicyclic) bond motifs is 1. The highest BCUT2D eigenvalue weighted by Crippen LogP contribution is 2.26. The Bertz CT molecular complexity index is 418. The Morgan fingerprint density at radius 3 is 2.46 bits per heavy atom. The van der Waals surface area contributed by atoms with Gasteiger partial charge in [0.25, 0.3) is 0 Å². The van der Waals surface area contributed by atoms with E-state index in [1.165, 1.54) is 0 Å². The average molecular weight is 192 g/mol. The minimum atomic E-state index is -1.17. The van der Waals surface area contributed by atoms with Crippen molar-refractivity contribution in [3.05, 3.63) is 48.0 Å². The third kappa shape index (κ3) is 1.53. The number of halogens is 1. The molecule has 0 heterocycles. The molecule has 2 aromatic carbocycles. The fourth-order valence-corrected chi connectivity index (χ4v) is 1.64. The summed E-state index contributed by atoms with van der Waals surface area (Å²) >= 11 is 5.53. The van der Waals surface area contributed by atoms with Gasteiger partial charge in [-0.2, -0.15) is 0 Å². The van der Waals surface area contributed by atoms with Crippen LogP contribution in [0.2, 0.25) is 0 Å². The summed E-state index contributed by atoms with van der Waals surface area (Å²) < 4.78 is 0. The predicted octanol–water partition coefficient (Wildman–Crippen LogP) is 3.51. The molecule has 1 nitrogen and oxygen atoms in total. The van der Waals surface area contributed by atoms with Gasteiger partial charge in [0.15, 0.2) is 5.56 Å². The molecule has 1 atom stereocenters. The van der Waals surface area contributed by atoms with Crippen molar-refractivity contribution in [2.75, 3.05) is 0 Å². The molecule has 0 aliphatic rings. The van der Waals surface area contributed by atoms with Crippen molar-refractivity contribution < 1.29 is 5.11 Å². The first kappa shape index (κ1) is 8.54. The molecule has 0 fully saturated rings. The van der Waals surface area contributed by atoms with E-state index in [9.17, 15) is 5.11 Å². The SMILES string of the molecule is [O]C(Cl)c1cccc2ccccc12. The van der Waals surface area contributed by atoms with Crippen molar-refractivity contribution in [2.24, 2.45) is 0 Å². The molecule has 0 saturated heterocycles. The maximum atomic E-state index is 11.1. The number of hydrogen-bond acceptors (Lipinski definition) is 0. The Morgan fingerprint density at radius 1 is 1.00 bits per heavy atom. The van der Waals surface area contributed by atoms with Crippen LogP contribution in [0.3, 0.4) is 0 Å². The topological polar surface area (TPSA) is 19.9 Å². The van der Waals surface area contributed by atoms with Crippen molar-refractivity contribution in [1.82, 2.24) is 0 Å². The van der Waals surface area contributed by atoms with E-state index in [1.807, 2.05) is 36.4 Å². The normalized spacial score (nSPS) is 13.1. The third-order valence-corrected chi connectivity index (χ3v) is 2.30. The zero-order chi connectivity index (χ0) is 9.26. The lowest BCUT2D eigenvalue weighted by molar-refractivity contribution is 0.162. The van der Waals surface area contributed by atoms with Crippen molar-refractivity contribution in [3.8, 4) is 0 Å². The summed E-state index contributed by atoms with van der Waals surface area (Å²) in [6.07, 6.45) is 0. The summed E-state index contributed by atoms with van der Waals surface area (Å²) in [5.41, 5.74) is -0.522. The molecule has 1 unspecified atom stereocenters. The number of rotatable bonds is 1. The summed E-state index contributed by atoms with van der Waals surface area (Å²) in [5.74, 6) is 0. The fraction of sp³-hybridized carbons (Fsp3) is 0.0909. The van der Waals surface area contributed by atoms with Gasteiger partial charge >= 0.3 is 0 Å². The zero-order valence-corrected chi connectivity index (χ0v) is 7.66. The van der Waals surface area contributed by atoms with Crippen LogP contribution in [0.5, 0.6) is 0 Å². The Hall–Kier alpha value is -1.05. The van der Waals surface area contributed by atoms with Gasteiger partial charge in [-0.15, -0.1) is 0 Å². The van der Waals surface area contributed by atoms with E-state index in [4.69, 9.17) is 11.6 Å². The van der Waals surface area contributed by atoms with Crippen LogP contribution >= 0.6 is 11.6 Å². The molecule has 1 radical (unpaired) electrons. The maximum absolute atomic E-state index is 11.1. The lowest BCUT2D eigenvalue weighted by atomic mass is 10.1. The van der Waals surface area contributed by atoms with Crippen molar-refractivity contribution in [1.29, 1.82) is 0 Å². The number of hydrogen-bond donors (Lipinski definition) is 0.